The summed E-state index contributed by atoms with van der Waals surface area (Å²) in [7, 11) is 2.83. The molecule has 27 heavy (non-hydrogen) atoms. The average molecular weight is 393 g/mol. The van der Waals surface area contributed by atoms with E-state index < -0.39 is 0 Å². The van der Waals surface area contributed by atoms with Gasteiger partial charge >= 0.3 is 11.9 Å². The largest absolute Gasteiger partial charge is 0.469 e. The van der Waals surface area contributed by atoms with Crippen molar-refractivity contribution in [1.29, 1.82) is 0 Å². The van der Waals surface area contributed by atoms with Gasteiger partial charge in [-0.1, -0.05) is 13.8 Å². The molecule has 0 aliphatic carbocycles. The van der Waals surface area contributed by atoms with Crippen molar-refractivity contribution in [1.82, 2.24) is 20.4 Å². The van der Waals surface area contributed by atoms with Crippen LogP contribution in [0.4, 0.5) is 0 Å². The zero-order valence-electron chi connectivity index (χ0n) is 17.9. The smallest absolute Gasteiger partial charge is 0.306 e. The van der Waals surface area contributed by atoms with E-state index in [4.69, 9.17) is 0 Å². The molecule has 1 atom stereocenters. The molecule has 0 aromatic heterocycles. The molecule has 1 rings (SSSR count). The Bertz CT molecular complexity index is 406. The topological polar surface area (TPSA) is 83.1 Å². The summed E-state index contributed by atoms with van der Waals surface area (Å²) in [6, 6.07) is 0.520. The molecule has 1 heterocycles. The lowest BCUT2D eigenvalue weighted by atomic mass is 10.2. The number of hydrogen-bond donors (Lipinski definition) is 2. The minimum atomic E-state index is -0.172. The van der Waals surface area contributed by atoms with E-state index >= 15 is 0 Å². The van der Waals surface area contributed by atoms with E-state index in [1.807, 2.05) is 13.8 Å². The molecule has 1 aliphatic rings. The lowest BCUT2D eigenvalue weighted by Crippen LogP contribution is -2.54. The first-order valence-corrected chi connectivity index (χ1v) is 10.1. The normalized spacial score (nSPS) is 17.7. The van der Waals surface area contributed by atoms with Gasteiger partial charge in [-0.05, 0) is 6.92 Å². The van der Waals surface area contributed by atoms with Crippen LogP contribution in [0, 0.1) is 0 Å². The number of rotatable bonds is 12. The molecule has 8 nitrogen and oxygen atoms in total. The molecule has 0 amide bonds. The van der Waals surface area contributed by atoms with Crippen LogP contribution in [0.1, 0.15) is 36.5 Å². The predicted molar refractivity (Wildman–Crippen MR) is 112 cm³/mol. The average Bonchev–Trinajstić information content (AvgIpc) is 2.69. The lowest BCUT2D eigenvalue weighted by molar-refractivity contribution is -0.141. The first kappa shape index (κ1) is 25.8. The molecule has 0 saturated carbocycles. The Morgan fingerprint density at radius 2 is 1.44 bits per heavy atom. The van der Waals surface area contributed by atoms with Crippen molar-refractivity contribution in [2.45, 2.75) is 39.7 Å². The maximum Gasteiger partial charge on any atom is 0.306 e. The van der Waals surface area contributed by atoms with Crippen LogP contribution in [0.5, 0.6) is 0 Å². The Balaban J connectivity index is -0.00000163. The van der Waals surface area contributed by atoms with Crippen molar-refractivity contribution in [2.24, 2.45) is 0 Å². The third-order valence-electron chi connectivity index (χ3n) is 4.50. The maximum absolute atomic E-state index is 11.0. The van der Waals surface area contributed by atoms with Crippen molar-refractivity contribution in [3.8, 4) is 0 Å². The molecule has 0 spiro atoms. The SMILES string of the molecule is CC.COC(=O)CCNCCN1CCN(CCNCCC(=O)OC)[C@H](C)C1.[HH].[HH]. The maximum atomic E-state index is 11.0. The van der Waals surface area contributed by atoms with Gasteiger partial charge in [0.1, 0.15) is 0 Å². The van der Waals surface area contributed by atoms with Crippen LogP contribution in [0.15, 0.2) is 0 Å². The Kier molecular flexibility index (Phi) is 16.2. The van der Waals surface area contributed by atoms with Crippen LogP contribution in [0.25, 0.3) is 0 Å². The number of carbonyl (C=O) groups is 2. The van der Waals surface area contributed by atoms with Crippen LogP contribution in [-0.4, -0.2) is 101 Å². The highest BCUT2D eigenvalue weighted by molar-refractivity contribution is 5.69. The molecule has 1 saturated heterocycles. The number of methoxy groups -OCH3 is 2. The second kappa shape index (κ2) is 16.9. The summed E-state index contributed by atoms with van der Waals surface area (Å²) in [6.07, 6.45) is 0.840. The van der Waals surface area contributed by atoms with Crippen molar-refractivity contribution in [3.63, 3.8) is 0 Å². The van der Waals surface area contributed by atoms with Gasteiger partial charge in [0.05, 0.1) is 27.1 Å². The molecule has 164 valence electrons. The molecular formula is C19H44N4O4. The molecule has 8 heteroatoms. The first-order valence-electron chi connectivity index (χ1n) is 10.1. The summed E-state index contributed by atoms with van der Waals surface area (Å²) in [5.74, 6) is -0.343. The zero-order valence-corrected chi connectivity index (χ0v) is 17.9. The second-order valence-corrected chi connectivity index (χ2v) is 6.34. The monoisotopic (exact) mass is 392 g/mol. The molecule has 1 aliphatic heterocycles. The summed E-state index contributed by atoms with van der Waals surface area (Å²) >= 11 is 0. The van der Waals surface area contributed by atoms with Crippen molar-refractivity contribution < 1.29 is 21.9 Å². The molecule has 0 unspecified atom stereocenters. The molecule has 0 aromatic carbocycles. The summed E-state index contributed by atoms with van der Waals surface area (Å²) in [4.78, 5) is 27.0. The van der Waals surface area contributed by atoms with Gasteiger partial charge in [0.25, 0.3) is 0 Å². The van der Waals surface area contributed by atoms with E-state index in [2.05, 4.69) is 36.8 Å². The number of hydrogen-bond acceptors (Lipinski definition) is 8. The standard InChI is InChI=1S/C17H34N4O4.C2H6.2H2/c1-15-14-20(10-8-18-6-4-16(22)24-2)12-13-21(15)11-9-19-7-5-17(23)25-3;1-2;;/h15,18-19H,4-14H2,1-3H3;1-2H3;2*1H/t15-;;;/m1.../s1. The number of carbonyl (C=O) groups excluding carboxylic acids is 2. The second-order valence-electron chi connectivity index (χ2n) is 6.34. The fraction of sp³-hybridized carbons (Fsp3) is 0.895. The molecule has 0 bridgehead atoms. The summed E-state index contributed by atoms with van der Waals surface area (Å²) in [6.45, 7) is 14.5. The van der Waals surface area contributed by atoms with Gasteiger partial charge in [0, 0.05) is 67.8 Å². The third kappa shape index (κ3) is 12.7. The summed E-state index contributed by atoms with van der Waals surface area (Å²) < 4.78 is 9.23. The highest BCUT2D eigenvalue weighted by atomic mass is 16.5. The van der Waals surface area contributed by atoms with Crippen LogP contribution >= 0.6 is 0 Å². The highest BCUT2D eigenvalue weighted by Crippen LogP contribution is 2.08. The van der Waals surface area contributed by atoms with Crippen molar-refractivity contribution >= 4 is 11.9 Å². The fourth-order valence-electron chi connectivity index (χ4n) is 2.90. The number of piperazine rings is 1. The number of nitrogens with one attached hydrogen (secondary N) is 2. The van der Waals surface area contributed by atoms with Crippen molar-refractivity contribution in [3.05, 3.63) is 0 Å². The Hall–Kier alpha value is -1.22. The van der Waals surface area contributed by atoms with Gasteiger partial charge in [-0.15, -0.1) is 0 Å². The number of esters is 2. The van der Waals surface area contributed by atoms with Crippen LogP contribution in [0.2, 0.25) is 0 Å². The Labute approximate surface area is 167 Å². The van der Waals surface area contributed by atoms with E-state index in [0.717, 1.165) is 45.8 Å². The third-order valence-corrected chi connectivity index (χ3v) is 4.50. The molecule has 0 radical (unpaired) electrons. The Morgan fingerprint density at radius 3 is 1.93 bits per heavy atom. The van der Waals surface area contributed by atoms with E-state index in [0.29, 0.717) is 32.0 Å². The van der Waals surface area contributed by atoms with Gasteiger partial charge < -0.3 is 20.1 Å². The van der Waals surface area contributed by atoms with E-state index in [1.54, 1.807) is 0 Å². The first-order chi connectivity index (χ1) is 13.1. The zero-order chi connectivity index (χ0) is 20.5. The highest BCUT2D eigenvalue weighted by Gasteiger charge is 2.22. The van der Waals surface area contributed by atoms with Crippen LogP contribution in [0.3, 0.4) is 0 Å². The summed E-state index contributed by atoms with van der Waals surface area (Å²) in [5.41, 5.74) is 0. The molecular weight excluding hydrogens is 348 g/mol. The predicted octanol–water partition coefficient (Wildman–Crippen LogP) is 0.816. The van der Waals surface area contributed by atoms with E-state index in [1.165, 1.54) is 14.2 Å². The van der Waals surface area contributed by atoms with E-state index in [-0.39, 0.29) is 14.8 Å². The number of nitrogens with zero attached hydrogens (tertiary/aromatic N) is 2. The van der Waals surface area contributed by atoms with Crippen LogP contribution < -0.4 is 10.6 Å². The van der Waals surface area contributed by atoms with Gasteiger partial charge in [0.15, 0.2) is 0 Å². The Morgan fingerprint density at radius 1 is 0.926 bits per heavy atom. The summed E-state index contributed by atoms with van der Waals surface area (Å²) in [5, 5.41) is 6.57. The molecule has 2 N–H and O–H groups in total. The molecule has 0 aromatic rings. The minimum Gasteiger partial charge on any atom is -0.469 e. The van der Waals surface area contributed by atoms with Crippen LogP contribution in [-0.2, 0) is 19.1 Å². The fourth-order valence-corrected chi connectivity index (χ4v) is 2.90. The lowest BCUT2D eigenvalue weighted by Gasteiger charge is -2.40. The minimum absolute atomic E-state index is 0. The van der Waals surface area contributed by atoms with Crippen molar-refractivity contribution in [2.75, 3.05) is 73.1 Å². The van der Waals surface area contributed by atoms with Gasteiger partial charge in [-0.3, -0.25) is 19.4 Å². The van der Waals surface area contributed by atoms with Gasteiger partial charge in [-0.2, -0.15) is 0 Å². The quantitative estimate of drug-likeness (QED) is 0.373. The van der Waals surface area contributed by atoms with Gasteiger partial charge in [0.2, 0.25) is 0 Å². The van der Waals surface area contributed by atoms with Gasteiger partial charge in [-0.25, -0.2) is 0 Å². The number of ether oxygens (including phenoxy) is 2. The van der Waals surface area contributed by atoms with E-state index in [9.17, 15) is 9.59 Å². The molecule has 1 fully saturated rings.